The average Bonchev–Trinajstić information content (AvgIpc) is 2.57. The molecule has 0 heterocycles. The zero-order valence-corrected chi connectivity index (χ0v) is 9.01. The van der Waals surface area contributed by atoms with Crippen LogP contribution >= 0.6 is 0 Å². The average molecular weight is 194 g/mol. The summed E-state index contributed by atoms with van der Waals surface area (Å²) in [6.45, 7) is 7.41. The third-order valence-corrected chi connectivity index (χ3v) is 2.56. The predicted octanol–water partition coefficient (Wildman–Crippen LogP) is 2.84. The highest BCUT2D eigenvalue weighted by Gasteiger charge is 2.22. The molecule has 14 heavy (non-hydrogen) atoms. The van der Waals surface area contributed by atoms with E-state index in [0.29, 0.717) is 5.57 Å². The Labute approximate surface area is 85.6 Å². The summed E-state index contributed by atoms with van der Waals surface area (Å²) in [4.78, 5) is 11.6. The van der Waals surface area contributed by atoms with E-state index < -0.39 is 0 Å². The molecule has 1 rings (SSSR count). The molecule has 0 bridgehead atoms. The molecule has 0 amide bonds. The third-order valence-electron chi connectivity index (χ3n) is 2.56. The minimum atomic E-state index is -0.234. The van der Waals surface area contributed by atoms with E-state index in [1.807, 2.05) is 13.8 Å². The van der Waals surface area contributed by atoms with Crippen molar-refractivity contribution >= 4 is 5.97 Å². The SMILES string of the molecule is C=C=C(C(=O)OC1CCCC1)C(C)C. The lowest BCUT2D eigenvalue weighted by atomic mass is 10.1. The Bertz CT molecular complexity index is 253. The Morgan fingerprint density at radius 1 is 1.43 bits per heavy atom. The van der Waals surface area contributed by atoms with Gasteiger partial charge in [-0.05, 0) is 31.6 Å². The summed E-state index contributed by atoms with van der Waals surface area (Å²) in [5, 5.41) is 0. The molecular formula is C12H18O2. The van der Waals surface area contributed by atoms with Crippen molar-refractivity contribution in [3.63, 3.8) is 0 Å². The summed E-state index contributed by atoms with van der Waals surface area (Å²) in [6, 6.07) is 0. The van der Waals surface area contributed by atoms with Crippen LogP contribution in [0.5, 0.6) is 0 Å². The van der Waals surface area contributed by atoms with E-state index in [1.54, 1.807) is 0 Å². The lowest BCUT2D eigenvalue weighted by molar-refractivity contribution is -0.144. The van der Waals surface area contributed by atoms with Crippen LogP contribution < -0.4 is 0 Å². The number of hydrogen-bond acceptors (Lipinski definition) is 2. The molecule has 1 fully saturated rings. The quantitative estimate of drug-likeness (QED) is 0.392. The van der Waals surface area contributed by atoms with Gasteiger partial charge in [0.1, 0.15) is 6.10 Å². The van der Waals surface area contributed by atoms with Crippen LogP contribution in [0.4, 0.5) is 0 Å². The molecule has 2 nitrogen and oxygen atoms in total. The van der Waals surface area contributed by atoms with Crippen molar-refractivity contribution in [3.05, 3.63) is 17.9 Å². The highest BCUT2D eigenvalue weighted by atomic mass is 16.5. The lowest BCUT2D eigenvalue weighted by Gasteiger charge is -2.13. The van der Waals surface area contributed by atoms with Crippen molar-refractivity contribution in [2.75, 3.05) is 0 Å². The van der Waals surface area contributed by atoms with Gasteiger partial charge in [-0.1, -0.05) is 20.4 Å². The van der Waals surface area contributed by atoms with E-state index in [9.17, 15) is 4.79 Å². The number of rotatable bonds is 3. The van der Waals surface area contributed by atoms with Gasteiger partial charge in [-0.3, -0.25) is 0 Å². The highest BCUT2D eigenvalue weighted by Crippen LogP contribution is 2.22. The van der Waals surface area contributed by atoms with Crippen LogP contribution in [-0.2, 0) is 9.53 Å². The van der Waals surface area contributed by atoms with Crippen LogP contribution in [0.1, 0.15) is 39.5 Å². The molecular weight excluding hydrogens is 176 g/mol. The first-order chi connectivity index (χ1) is 6.65. The fourth-order valence-electron chi connectivity index (χ4n) is 1.73. The molecule has 2 heteroatoms. The van der Waals surface area contributed by atoms with Gasteiger partial charge in [0.05, 0.1) is 5.57 Å². The van der Waals surface area contributed by atoms with E-state index in [0.717, 1.165) is 12.8 Å². The summed E-state index contributed by atoms with van der Waals surface area (Å²) < 4.78 is 5.35. The lowest BCUT2D eigenvalue weighted by Crippen LogP contribution is -2.18. The van der Waals surface area contributed by atoms with Gasteiger partial charge in [-0.2, -0.15) is 0 Å². The van der Waals surface area contributed by atoms with Crippen LogP contribution in [0.15, 0.2) is 17.9 Å². The summed E-state index contributed by atoms with van der Waals surface area (Å²) in [7, 11) is 0. The van der Waals surface area contributed by atoms with Crippen LogP contribution in [0.3, 0.4) is 0 Å². The minimum Gasteiger partial charge on any atom is -0.459 e. The Morgan fingerprint density at radius 3 is 2.43 bits per heavy atom. The Kier molecular flexibility index (Phi) is 3.97. The zero-order chi connectivity index (χ0) is 10.6. The molecule has 1 saturated carbocycles. The second-order valence-corrected chi connectivity index (χ2v) is 4.06. The van der Waals surface area contributed by atoms with Gasteiger partial charge < -0.3 is 4.74 Å². The molecule has 0 atom stereocenters. The van der Waals surface area contributed by atoms with E-state index in [2.05, 4.69) is 12.3 Å². The maximum absolute atomic E-state index is 11.6. The van der Waals surface area contributed by atoms with E-state index in [-0.39, 0.29) is 18.0 Å². The number of carbonyl (C=O) groups is 1. The molecule has 1 aliphatic rings. The highest BCUT2D eigenvalue weighted by molar-refractivity contribution is 5.88. The zero-order valence-electron chi connectivity index (χ0n) is 9.01. The minimum absolute atomic E-state index is 0.129. The second-order valence-electron chi connectivity index (χ2n) is 4.06. The van der Waals surface area contributed by atoms with Crippen molar-refractivity contribution < 1.29 is 9.53 Å². The predicted molar refractivity (Wildman–Crippen MR) is 55.8 cm³/mol. The Balaban J connectivity index is 2.51. The molecule has 0 unspecified atom stereocenters. The van der Waals surface area contributed by atoms with E-state index in [1.165, 1.54) is 12.8 Å². The fourth-order valence-corrected chi connectivity index (χ4v) is 1.73. The molecule has 78 valence electrons. The first-order valence-corrected chi connectivity index (χ1v) is 5.26. The van der Waals surface area contributed by atoms with Crippen molar-refractivity contribution in [3.8, 4) is 0 Å². The van der Waals surface area contributed by atoms with E-state index in [4.69, 9.17) is 4.74 Å². The third kappa shape index (κ3) is 2.74. The summed E-state index contributed by atoms with van der Waals surface area (Å²) in [6.07, 6.45) is 4.49. The standard InChI is InChI=1S/C12H18O2/c1-4-11(9(2)3)12(13)14-10-7-5-6-8-10/h9-10H,1,5-8H2,2-3H3. The van der Waals surface area contributed by atoms with Gasteiger partial charge >= 0.3 is 5.97 Å². The summed E-state index contributed by atoms with van der Waals surface area (Å²) >= 11 is 0. The van der Waals surface area contributed by atoms with Crippen LogP contribution in [0, 0.1) is 5.92 Å². The Morgan fingerprint density at radius 2 is 2.00 bits per heavy atom. The number of hydrogen-bond donors (Lipinski definition) is 0. The normalized spacial score (nSPS) is 16.8. The summed E-state index contributed by atoms with van der Waals surface area (Å²) in [5.74, 6) is -0.0942. The van der Waals surface area contributed by atoms with Crippen LogP contribution in [0.2, 0.25) is 0 Å². The van der Waals surface area contributed by atoms with Crippen LogP contribution in [0.25, 0.3) is 0 Å². The molecule has 0 spiro atoms. The molecule has 0 aromatic rings. The summed E-state index contributed by atoms with van der Waals surface area (Å²) in [5.41, 5.74) is 3.23. The molecule has 0 saturated heterocycles. The topological polar surface area (TPSA) is 26.3 Å². The number of esters is 1. The molecule has 0 N–H and O–H groups in total. The smallest absolute Gasteiger partial charge is 0.342 e. The number of ether oxygens (including phenoxy) is 1. The van der Waals surface area contributed by atoms with Crippen LogP contribution in [-0.4, -0.2) is 12.1 Å². The maximum Gasteiger partial charge on any atom is 0.342 e. The molecule has 0 radical (unpaired) electrons. The van der Waals surface area contributed by atoms with Crippen molar-refractivity contribution in [2.24, 2.45) is 5.92 Å². The molecule has 0 aliphatic heterocycles. The first-order valence-electron chi connectivity index (χ1n) is 5.26. The maximum atomic E-state index is 11.6. The second kappa shape index (κ2) is 5.02. The largest absolute Gasteiger partial charge is 0.459 e. The van der Waals surface area contributed by atoms with Crippen molar-refractivity contribution in [1.29, 1.82) is 0 Å². The fraction of sp³-hybridized carbons (Fsp3) is 0.667. The Hall–Kier alpha value is -1.01. The van der Waals surface area contributed by atoms with Gasteiger partial charge in [-0.25, -0.2) is 4.79 Å². The van der Waals surface area contributed by atoms with Gasteiger partial charge in [0.15, 0.2) is 0 Å². The van der Waals surface area contributed by atoms with Gasteiger partial charge in [0, 0.05) is 0 Å². The van der Waals surface area contributed by atoms with Crippen molar-refractivity contribution in [2.45, 2.75) is 45.6 Å². The van der Waals surface area contributed by atoms with E-state index >= 15 is 0 Å². The molecule has 0 aromatic heterocycles. The number of carbonyl (C=O) groups excluding carboxylic acids is 1. The molecule has 0 aromatic carbocycles. The van der Waals surface area contributed by atoms with Gasteiger partial charge in [-0.15, -0.1) is 5.73 Å². The first kappa shape index (κ1) is 11.1. The van der Waals surface area contributed by atoms with Gasteiger partial charge in [0.2, 0.25) is 0 Å². The van der Waals surface area contributed by atoms with Crippen molar-refractivity contribution in [1.82, 2.24) is 0 Å². The molecule has 1 aliphatic carbocycles. The monoisotopic (exact) mass is 194 g/mol. The van der Waals surface area contributed by atoms with Gasteiger partial charge in [0.25, 0.3) is 0 Å².